The van der Waals surface area contributed by atoms with Crippen LogP contribution in [0.25, 0.3) is 16.5 Å². The number of nitrogens with zero attached hydrogens (tertiary/aromatic N) is 4. The number of pyridine rings is 1. The van der Waals surface area contributed by atoms with Gasteiger partial charge in [0.1, 0.15) is 17.5 Å². The molecule has 2 aromatic heterocycles. The van der Waals surface area contributed by atoms with Crippen molar-refractivity contribution in [1.82, 2.24) is 14.5 Å². The van der Waals surface area contributed by atoms with Gasteiger partial charge in [-0.25, -0.2) is 4.98 Å². The Kier molecular flexibility index (Phi) is 5.40. The summed E-state index contributed by atoms with van der Waals surface area (Å²) in [6.07, 6.45) is 1.36. The molecule has 2 heterocycles. The summed E-state index contributed by atoms with van der Waals surface area (Å²) in [5.41, 5.74) is 1.41. The van der Waals surface area contributed by atoms with Crippen molar-refractivity contribution in [1.29, 1.82) is 5.26 Å². The number of hydrogen-bond donors (Lipinski definition) is 1. The fourth-order valence-electron chi connectivity index (χ4n) is 3.33. The smallest absolute Gasteiger partial charge is 0.264 e. The van der Waals surface area contributed by atoms with Crippen molar-refractivity contribution < 1.29 is 0 Å². The molecule has 0 aliphatic carbocycles. The van der Waals surface area contributed by atoms with Crippen LogP contribution in [0.3, 0.4) is 0 Å². The molecular formula is C22H15Cl2N5O. The van der Waals surface area contributed by atoms with Gasteiger partial charge in [0.2, 0.25) is 5.28 Å². The minimum absolute atomic E-state index is 0.0226. The average molecular weight is 436 g/mol. The van der Waals surface area contributed by atoms with Crippen LogP contribution in [0.15, 0.2) is 65.6 Å². The van der Waals surface area contributed by atoms with E-state index in [1.807, 2.05) is 55.5 Å². The lowest BCUT2D eigenvalue weighted by Gasteiger charge is -2.22. The van der Waals surface area contributed by atoms with Crippen molar-refractivity contribution in [2.24, 2.45) is 0 Å². The van der Waals surface area contributed by atoms with Crippen LogP contribution in [-0.2, 0) is 0 Å². The van der Waals surface area contributed by atoms with Gasteiger partial charge in [0.25, 0.3) is 5.56 Å². The third-order valence-electron chi connectivity index (χ3n) is 4.72. The molecule has 0 aliphatic heterocycles. The van der Waals surface area contributed by atoms with Gasteiger partial charge in [-0.1, -0.05) is 41.9 Å². The van der Waals surface area contributed by atoms with Crippen LogP contribution in [0, 0.1) is 11.3 Å². The number of benzene rings is 2. The van der Waals surface area contributed by atoms with E-state index in [1.165, 1.54) is 6.20 Å². The third kappa shape index (κ3) is 3.61. The second kappa shape index (κ2) is 8.15. The summed E-state index contributed by atoms with van der Waals surface area (Å²) in [6.45, 7) is 1.88. The van der Waals surface area contributed by atoms with Gasteiger partial charge in [0.05, 0.1) is 22.6 Å². The van der Waals surface area contributed by atoms with E-state index in [2.05, 4.69) is 15.3 Å². The summed E-state index contributed by atoms with van der Waals surface area (Å²) in [4.78, 5) is 21.4. The fraction of sp³-hybridized carbons (Fsp3) is 0.0909. The number of para-hydroxylation sites is 1. The normalized spacial score (nSPS) is 11.8. The predicted molar refractivity (Wildman–Crippen MR) is 118 cm³/mol. The first-order chi connectivity index (χ1) is 14.5. The van der Waals surface area contributed by atoms with Crippen molar-refractivity contribution in [3.8, 4) is 11.8 Å². The maximum absolute atomic E-state index is 13.5. The molecule has 1 atom stereocenters. The number of hydrogen-bond acceptors (Lipinski definition) is 5. The highest BCUT2D eigenvalue weighted by Gasteiger charge is 2.19. The van der Waals surface area contributed by atoms with Crippen molar-refractivity contribution in [2.45, 2.75) is 13.0 Å². The van der Waals surface area contributed by atoms with E-state index in [-0.39, 0.29) is 22.4 Å². The number of aromatic nitrogens is 3. The molecule has 0 saturated heterocycles. The van der Waals surface area contributed by atoms with Crippen LogP contribution in [0.4, 0.5) is 5.82 Å². The van der Waals surface area contributed by atoms with Gasteiger partial charge in [0, 0.05) is 11.4 Å². The van der Waals surface area contributed by atoms with Crippen LogP contribution in [-0.4, -0.2) is 14.5 Å². The Morgan fingerprint density at radius 3 is 2.63 bits per heavy atom. The zero-order chi connectivity index (χ0) is 21.3. The Balaban J connectivity index is 1.93. The number of halogens is 2. The number of fused-ring (bicyclic) bond motifs is 1. The van der Waals surface area contributed by atoms with Gasteiger partial charge in [-0.2, -0.15) is 10.2 Å². The lowest BCUT2D eigenvalue weighted by atomic mass is 10.1. The lowest BCUT2D eigenvalue weighted by molar-refractivity contribution is 0.772. The molecule has 2 aromatic carbocycles. The molecular weight excluding hydrogens is 421 g/mol. The number of nitriles is 1. The Morgan fingerprint density at radius 1 is 1.13 bits per heavy atom. The molecule has 0 unspecified atom stereocenters. The first kappa shape index (κ1) is 19.9. The van der Waals surface area contributed by atoms with Crippen molar-refractivity contribution in [3.05, 3.63) is 92.7 Å². The highest BCUT2D eigenvalue weighted by molar-refractivity contribution is 6.35. The van der Waals surface area contributed by atoms with E-state index in [9.17, 15) is 10.1 Å². The maximum atomic E-state index is 13.5. The Labute approximate surface area is 182 Å². The minimum atomic E-state index is -0.389. The molecule has 0 saturated carbocycles. The molecule has 8 heteroatoms. The van der Waals surface area contributed by atoms with Crippen LogP contribution >= 0.6 is 23.2 Å². The Morgan fingerprint density at radius 2 is 1.90 bits per heavy atom. The van der Waals surface area contributed by atoms with Crippen LogP contribution in [0.1, 0.15) is 24.2 Å². The van der Waals surface area contributed by atoms with E-state index in [4.69, 9.17) is 23.2 Å². The topological polar surface area (TPSA) is 83.6 Å². The van der Waals surface area contributed by atoms with Gasteiger partial charge in [-0.3, -0.25) is 9.36 Å². The average Bonchev–Trinajstić information content (AvgIpc) is 2.74. The van der Waals surface area contributed by atoms with Crippen LogP contribution < -0.4 is 10.9 Å². The highest BCUT2D eigenvalue weighted by atomic mass is 35.5. The summed E-state index contributed by atoms with van der Waals surface area (Å²) >= 11 is 12.3. The fourth-order valence-corrected chi connectivity index (χ4v) is 3.73. The summed E-state index contributed by atoms with van der Waals surface area (Å²) < 4.78 is 1.61. The number of nitrogens with one attached hydrogen (secondary N) is 1. The molecule has 0 fully saturated rings. The molecule has 0 spiro atoms. The Bertz CT molecular complexity index is 1350. The first-order valence-corrected chi connectivity index (χ1v) is 9.84. The maximum Gasteiger partial charge on any atom is 0.264 e. The zero-order valence-electron chi connectivity index (χ0n) is 15.8. The van der Waals surface area contributed by atoms with E-state index in [0.717, 1.165) is 5.39 Å². The van der Waals surface area contributed by atoms with Crippen molar-refractivity contribution in [2.75, 3.05) is 5.32 Å². The van der Waals surface area contributed by atoms with Crippen LogP contribution in [0.5, 0.6) is 0 Å². The molecule has 0 radical (unpaired) electrons. The van der Waals surface area contributed by atoms with E-state index < -0.39 is 0 Å². The van der Waals surface area contributed by atoms with Crippen LogP contribution in [0.2, 0.25) is 10.3 Å². The van der Waals surface area contributed by atoms with E-state index in [1.54, 1.807) is 16.7 Å². The second-order valence-electron chi connectivity index (χ2n) is 6.63. The van der Waals surface area contributed by atoms with Crippen molar-refractivity contribution in [3.63, 3.8) is 0 Å². The van der Waals surface area contributed by atoms with Gasteiger partial charge in [-0.15, -0.1) is 0 Å². The molecule has 30 heavy (non-hydrogen) atoms. The predicted octanol–water partition coefficient (Wildman–Crippen LogP) is 5.13. The van der Waals surface area contributed by atoms with E-state index in [0.29, 0.717) is 27.6 Å². The summed E-state index contributed by atoms with van der Waals surface area (Å²) in [5.74, 6) is 0.295. The zero-order valence-corrected chi connectivity index (χ0v) is 17.3. The molecule has 6 nitrogen and oxygen atoms in total. The highest BCUT2D eigenvalue weighted by Crippen LogP contribution is 2.27. The standard InChI is InChI=1S/C22H15Cl2N5O/c1-13(27-20-15(11-25)12-26-22(24)28-20)18-10-14-6-5-9-17(23)19(14)21(30)29(18)16-7-3-2-4-8-16/h2-10,12-13H,1H3,(H,26,27,28)/t13-/m0/s1. The summed E-state index contributed by atoms with van der Waals surface area (Å²) in [6, 6.07) is 18.2. The largest absolute Gasteiger partial charge is 0.361 e. The molecule has 0 aliphatic rings. The molecule has 0 bridgehead atoms. The SMILES string of the molecule is C[C@H](Nc1nc(Cl)ncc1C#N)c1cc2cccc(Cl)c2c(=O)n1-c1ccccc1. The monoisotopic (exact) mass is 435 g/mol. The second-order valence-corrected chi connectivity index (χ2v) is 7.37. The molecule has 4 aromatic rings. The first-order valence-electron chi connectivity index (χ1n) is 9.08. The molecule has 148 valence electrons. The third-order valence-corrected chi connectivity index (χ3v) is 5.21. The quantitative estimate of drug-likeness (QED) is 0.449. The summed E-state index contributed by atoms with van der Waals surface area (Å²) in [7, 11) is 0. The summed E-state index contributed by atoms with van der Waals surface area (Å²) in [5, 5.41) is 14.1. The van der Waals surface area contributed by atoms with Gasteiger partial charge < -0.3 is 5.32 Å². The number of rotatable bonds is 4. The number of anilines is 1. The van der Waals surface area contributed by atoms with Gasteiger partial charge >= 0.3 is 0 Å². The Hall–Kier alpha value is -3.40. The lowest BCUT2D eigenvalue weighted by Crippen LogP contribution is -2.26. The van der Waals surface area contributed by atoms with Gasteiger partial charge in [0.15, 0.2) is 0 Å². The van der Waals surface area contributed by atoms with E-state index >= 15 is 0 Å². The van der Waals surface area contributed by atoms with Gasteiger partial charge in [-0.05, 0) is 48.2 Å². The van der Waals surface area contributed by atoms with Crippen molar-refractivity contribution >= 4 is 39.8 Å². The molecule has 0 amide bonds. The molecule has 4 rings (SSSR count). The minimum Gasteiger partial charge on any atom is -0.361 e. The molecule has 1 N–H and O–H groups in total.